The Hall–Kier alpha value is -2.02. The second-order valence-electron chi connectivity index (χ2n) is 7.35. The molecule has 0 bridgehead atoms. The number of thioether (sulfide) groups is 1. The van der Waals surface area contributed by atoms with E-state index in [4.69, 9.17) is 5.73 Å². The van der Waals surface area contributed by atoms with Gasteiger partial charge in [-0.3, -0.25) is 9.59 Å². The van der Waals surface area contributed by atoms with Crippen LogP contribution < -0.4 is 10.6 Å². The highest BCUT2D eigenvalue weighted by atomic mass is 35.5. The van der Waals surface area contributed by atoms with Crippen molar-refractivity contribution in [2.75, 3.05) is 36.8 Å². The Morgan fingerprint density at radius 2 is 1.83 bits per heavy atom. The van der Waals surface area contributed by atoms with Crippen LogP contribution in [0.15, 0.2) is 53.4 Å². The number of anilines is 1. The van der Waals surface area contributed by atoms with E-state index < -0.39 is 0 Å². The molecule has 0 aliphatic carbocycles. The number of benzene rings is 2. The Morgan fingerprint density at radius 3 is 2.62 bits per heavy atom. The topological polar surface area (TPSA) is 66.6 Å². The summed E-state index contributed by atoms with van der Waals surface area (Å²) >= 11 is 1.45. The Kier molecular flexibility index (Phi) is 7.22. The molecule has 7 heteroatoms. The summed E-state index contributed by atoms with van der Waals surface area (Å²) in [4.78, 5) is 30.4. The number of likely N-dealkylation sites (tertiary alicyclic amines) is 1. The van der Waals surface area contributed by atoms with E-state index in [0.29, 0.717) is 23.8 Å². The Labute approximate surface area is 182 Å². The van der Waals surface area contributed by atoms with Gasteiger partial charge >= 0.3 is 0 Å². The van der Waals surface area contributed by atoms with E-state index in [9.17, 15) is 9.59 Å². The van der Waals surface area contributed by atoms with Crippen LogP contribution in [0.1, 0.15) is 22.3 Å². The zero-order valence-corrected chi connectivity index (χ0v) is 17.9. The SMILES string of the molecule is Cl.NCC1CCN(C(=O)c2ccccc2SCC(=O)N2CCc3ccccc32)C1. The molecule has 1 unspecified atom stereocenters. The van der Waals surface area contributed by atoms with E-state index in [0.717, 1.165) is 43.1 Å². The number of hydrogen-bond donors (Lipinski definition) is 1. The summed E-state index contributed by atoms with van der Waals surface area (Å²) in [7, 11) is 0. The first-order valence-electron chi connectivity index (χ1n) is 9.77. The maximum Gasteiger partial charge on any atom is 0.254 e. The van der Waals surface area contributed by atoms with Gasteiger partial charge in [0.25, 0.3) is 5.91 Å². The summed E-state index contributed by atoms with van der Waals surface area (Å²) < 4.78 is 0. The minimum Gasteiger partial charge on any atom is -0.338 e. The van der Waals surface area contributed by atoms with Crippen molar-refractivity contribution in [2.45, 2.75) is 17.7 Å². The average molecular weight is 432 g/mol. The molecule has 154 valence electrons. The highest BCUT2D eigenvalue weighted by molar-refractivity contribution is 8.00. The number of fused-ring (bicyclic) bond motifs is 1. The van der Waals surface area contributed by atoms with Gasteiger partial charge in [0.05, 0.1) is 11.3 Å². The average Bonchev–Trinajstić information content (AvgIpc) is 3.39. The van der Waals surface area contributed by atoms with Crippen molar-refractivity contribution < 1.29 is 9.59 Å². The molecule has 1 fully saturated rings. The lowest BCUT2D eigenvalue weighted by molar-refractivity contribution is -0.116. The van der Waals surface area contributed by atoms with Gasteiger partial charge < -0.3 is 15.5 Å². The van der Waals surface area contributed by atoms with Crippen LogP contribution in [-0.2, 0) is 11.2 Å². The molecule has 2 N–H and O–H groups in total. The predicted octanol–water partition coefficient (Wildman–Crippen LogP) is 3.21. The van der Waals surface area contributed by atoms with Crippen molar-refractivity contribution in [1.29, 1.82) is 0 Å². The number of nitrogens with zero attached hydrogens (tertiary/aromatic N) is 2. The van der Waals surface area contributed by atoms with Crippen molar-refractivity contribution in [3.05, 3.63) is 59.7 Å². The molecule has 2 aliphatic heterocycles. The van der Waals surface area contributed by atoms with E-state index in [1.807, 2.05) is 52.3 Å². The van der Waals surface area contributed by atoms with Crippen LogP contribution in [0.3, 0.4) is 0 Å². The van der Waals surface area contributed by atoms with Gasteiger partial charge in [-0.1, -0.05) is 30.3 Å². The summed E-state index contributed by atoms with van der Waals surface area (Å²) in [5.74, 6) is 0.838. The monoisotopic (exact) mass is 431 g/mol. The molecule has 1 saturated heterocycles. The summed E-state index contributed by atoms with van der Waals surface area (Å²) in [6, 6.07) is 15.6. The lowest BCUT2D eigenvalue weighted by Crippen LogP contribution is -2.31. The lowest BCUT2D eigenvalue weighted by atomic mass is 10.1. The van der Waals surface area contributed by atoms with Crippen molar-refractivity contribution in [2.24, 2.45) is 11.7 Å². The summed E-state index contributed by atoms with van der Waals surface area (Å²) in [6.45, 7) is 2.82. The zero-order chi connectivity index (χ0) is 19.5. The molecule has 2 aromatic carbocycles. The molecule has 2 aromatic rings. The maximum atomic E-state index is 13.0. The van der Waals surface area contributed by atoms with Gasteiger partial charge in [0.15, 0.2) is 0 Å². The number of rotatable bonds is 5. The van der Waals surface area contributed by atoms with Crippen LogP contribution in [0.5, 0.6) is 0 Å². The second-order valence-corrected chi connectivity index (χ2v) is 8.37. The lowest BCUT2D eigenvalue weighted by Gasteiger charge is -2.19. The molecule has 0 aromatic heterocycles. The molecule has 4 rings (SSSR count). The van der Waals surface area contributed by atoms with Crippen LogP contribution in [0.4, 0.5) is 5.69 Å². The van der Waals surface area contributed by atoms with Gasteiger partial charge in [-0.25, -0.2) is 0 Å². The standard InChI is InChI=1S/C22H25N3O2S.ClH/c23-13-16-9-11-24(14-16)22(27)18-6-2-4-8-20(18)28-15-21(26)25-12-10-17-5-1-3-7-19(17)25;/h1-8,16H,9-15,23H2;1H. The number of carbonyl (C=O) groups is 2. The fourth-order valence-corrected chi connectivity index (χ4v) is 4.88. The van der Waals surface area contributed by atoms with E-state index in [2.05, 4.69) is 6.07 Å². The minimum atomic E-state index is 0. The molecule has 2 heterocycles. The molecule has 29 heavy (non-hydrogen) atoms. The smallest absolute Gasteiger partial charge is 0.254 e. The van der Waals surface area contributed by atoms with Crippen LogP contribution in [0.25, 0.3) is 0 Å². The van der Waals surface area contributed by atoms with Gasteiger partial charge in [0, 0.05) is 30.2 Å². The van der Waals surface area contributed by atoms with E-state index >= 15 is 0 Å². The number of carbonyl (C=O) groups excluding carboxylic acids is 2. The minimum absolute atomic E-state index is 0. The molecular formula is C22H26ClN3O2S. The maximum absolute atomic E-state index is 13.0. The fourth-order valence-electron chi connectivity index (χ4n) is 3.96. The molecular weight excluding hydrogens is 406 g/mol. The molecule has 1 atom stereocenters. The third-order valence-electron chi connectivity index (χ3n) is 5.56. The molecule has 5 nitrogen and oxygen atoms in total. The first kappa shape index (κ1) is 21.7. The third kappa shape index (κ3) is 4.60. The highest BCUT2D eigenvalue weighted by Crippen LogP contribution is 2.30. The van der Waals surface area contributed by atoms with Crippen molar-refractivity contribution >= 4 is 41.7 Å². The van der Waals surface area contributed by atoms with Crippen molar-refractivity contribution in [1.82, 2.24) is 4.90 Å². The van der Waals surface area contributed by atoms with Crippen LogP contribution in [0.2, 0.25) is 0 Å². The largest absolute Gasteiger partial charge is 0.338 e. The molecule has 0 saturated carbocycles. The number of para-hydroxylation sites is 1. The predicted molar refractivity (Wildman–Crippen MR) is 120 cm³/mol. The Bertz CT molecular complexity index is 892. The Balaban J connectivity index is 0.00000240. The van der Waals surface area contributed by atoms with Gasteiger partial charge in [-0.15, -0.1) is 24.2 Å². The van der Waals surface area contributed by atoms with E-state index in [1.54, 1.807) is 0 Å². The summed E-state index contributed by atoms with van der Waals surface area (Å²) in [6.07, 6.45) is 1.86. The van der Waals surface area contributed by atoms with Crippen molar-refractivity contribution in [3.8, 4) is 0 Å². The quantitative estimate of drug-likeness (QED) is 0.738. The third-order valence-corrected chi connectivity index (χ3v) is 6.62. The van der Waals surface area contributed by atoms with E-state index in [-0.39, 0.29) is 24.2 Å². The molecule has 2 aliphatic rings. The fraction of sp³-hybridized carbons (Fsp3) is 0.364. The van der Waals surface area contributed by atoms with Gasteiger partial charge in [0.2, 0.25) is 5.91 Å². The van der Waals surface area contributed by atoms with Crippen LogP contribution in [0, 0.1) is 5.92 Å². The number of hydrogen-bond acceptors (Lipinski definition) is 4. The van der Waals surface area contributed by atoms with Gasteiger partial charge in [0.1, 0.15) is 0 Å². The normalized spacial score (nSPS) is 17.8. The highest BCUT2D eigenvalue weighted by Gasteiger charge is 2.28. The first-order valence-corrected chi connectivity index (χ1v) is 10.8. The summed E-state index contributed by atoms with van der Waals surface area (Å²) in [5.41, 5.74) is 8.67. The van der Waals surface area contributed by atoms with Crippen molar-refractivity contribution in [3.63, 3.8) is 0 Å². The second kappa shape index (κ2) is 9.65. The number of halogens is 1. The van der Waals surface area contributed by atoms with Crippen LogP contribution in [-0.4, -0.2) is 48.6 Å². The molecule has 0 radical (unpaired) electrons. The van der Waals surface area contributed by atoms with Gasteiger partial charge in [-0.05, 0) is 49.1 Å². The molecule has 2 amide bonds. The molecule has 0 spiro atoms. The Morgan fingerprint density at radius 1 is 1.07 bits per heavy atom. The van der Waals surface area contributed by atoms with Gasteiger partial charge in [-0.2, -0.15) is 0 Å². The number of nitrogens with two attached hydrogens (primary N) is 1. The number of amides is 2. The first-order chi connectivity index (χ1) is 13.7. The van der Waals surface area contributed by atoms with E-state index in [1.165, 1.54) is 17.3 Å². The zero-order valence-electron chi connectivity index (χ0n) is 16.3. The van der Waals surface area contributed by atoms with Crippen LogP contribution >= 0.6 is 24.2 Å². The summed E-state index contributed by atoms with van der Waals surface area (Å²) in [5, 5.41) is 0.